The van der Waals surface area contributed by atoms with Crippen LogP contribution >= 0.6 is 0 Å². The number of hydrogen-bond donors (Lipinski definition) is 2. The summed E-state index contributed by atoms with van der Waals surface area (Å²) in [5.74, 6) is 0.477. The average Bonchev–Trinajstić information content (AvgIpc) is 3.13. The Kier molecular flexibility index (Phi) is 3.66. The molecule has 0 aromatic carbocycles. The summed E-state index contributed by atoms with van der Waals surface area (Å²) < 4.78 is 0. The van der Waals surface area contributed by atoms with Gasteiger partial charge >= 0.3 is 0 Å². The number of nitrogens with zero attached hydrogens (tertiary/aromatic N) is 1. The van der Waals surface area contributed by atoms with Gasteiger partial charge in [-0.2, -0.15) is 0 Å². The number of rotatable bonds is 4. The van der Waals surface area contributed by atoms with E-state index in [-0.39, 0.29) is 23.8 Å². The van der Waals surface area contributed by atoms with Gasteiger partial charge in [0.15, 0.2) is 0 Å². The largest absolute Gasteiger partial charge is 0.354 e. The molecule has 0 spiro atoms. The molecule has 96 valence electrons. The highest BCUT2D eigenvalue weighted by molar-refractivity contribution is 5.86. The Labute approximate surface area is 102 Å². The quantitative estimate of drug-likeness (QED) is 0.708. The van der Waals surface area contributed by atoms with Crippen LogP contribution < -0.4 is 11.1 Å². The van der Waals surface area contributed by atoms with Crippen molar-refractivity contribution in [2.24, 2.45) is 17.6 Å². The van der Waals surface area contributed by atoms with E-state index in [9.17, 15) is 9.59 Å². The van der Waals surface area contributed by atoms with Gasteiger partial charge in [-0.15, -0.1) is 0 Å². The molecule has 0 aromatic rings. The van der Waals surface area contributed by atoms with Gasteiger partial charge in [-0.25, -0.2) is 0 Å². The molecule has 5 nitrogen and oxygen atoms in total. The van der Waals surface area contributed by atoms with Crippen molar-refractivity contribution < 1.29 is 9.59 Å². The van der Waals surface area contributed by atoms with E-state index in [4.69, 9.17) is 5.73 Å². The number of carbonyl (C=O) groups is 2. The smallest absolute Gasteiger partial charge is 0.223 e. The third kappa shape index (κ3) is 3.19. The van der Waals surface area contributed by atoms with E-state index >= 15 is 0 Å². The molecule has 17 heavy (non-hydrogen) atoms. The van der Waals surface area contributed by atoms with Crippen LogP contribution in [0.1, 0.15) is 25.7 Å². The fourth-order valence-electron chi connectivity index (χ4n) is 2.22. The highest BCUT2D eigenvalue weighted by atomic mass is 16.2. The van der Waals surface area contributed by atoms with Crippen LogP contribution in [0.15, 0.2) is 0 Å². The molecule has 2 rings (SSSR count). The predicted molar refractivity (Wildman–Crippen MR) is 64.1 cm³/mol. The Morgan fingerprint density at radius 3 is 2.82 bits per heavy atom. The van der Waals surface area contributed by atoms with E-state index in [0.717, 1.165) is 6.42 Å². The Morgan fingerprint density at radius 1 is 1.53 bits per heavy atom. The van der Waals surface area contributed by atoms with Crippen LogP contribution in [-0.2, 0) is 9.59 Å². The van der Waals surface area contributed by atoms with E-state index in [1.54, 1.807) is 11.9 Å². The summed E-state index contributed by atoms with van der Waals surface area (Å²) in [4.78, 5) is 25.0. The van der Waals surface area contributed by atoms with Crippen molar-refractivity contribution in [3.63, 3.8) is 0 Å². The maximum atomic E-state index is 11.9. The van der Waals surface area contributed by atoms with Gasteiger partial charge in [-0.05, 0) is 25.2 Å². The molecule has 1 saturated carbocycles. The molecule has 1 aliphatic carbocycles. The Bertz CT molecular complexity index is 315. The summed E-state index contributed by atoms with van der Waals surface area (Å²) in [6.07, 6.45) is 3.46. The molecule has 2 unspecified atom stereocenters. The fraction of sp³-hybridized carbons (Fsp3) is 0.833. The van der Waals surface area contributed by atoms with E-state index in [0.29, 0.717) is 25.4 Å². The Hall–Kier alpha value is -1.10. The molecule has 2 aliphatic rings. The van der Waals surface area contributed by atoms with Gasteiger partial charge in [0.05, 0.1) is 0 Å². The van der Waals surface area contributed by atoms with Crippen LogP contribution in [0.4, 0.5) is 0 Å². The van der Waals surface area contributed by atoms with Crippen molar-refractivity contribution in [1.82, 2.24) is 10.2 Å². The zero-order valence-corrected chi connectivity index (χ0v) is 10.3. The number of carbonyl (C=O) groups excluding carboxylic acids is 2. The molecule has 0 aromatic heterocycles. The number of likely N-dealkylation sites (tertiary alicyclic amines) is 1. The second-order valence-corrected chi connectivity index (χ2v) is 5.25. The lowest BCUT2D eigenvalue weighted by Gasteiger charge is -2.28. The standard InChI is InChI=1S/C12H21N3O2/c1-15-5-4-9(6-11(15)16)12(17)14-7-10(13)8-2-3-8/h8-10H,2-7,13H2,1H3,(H,14,17). The van der Waals surface area contributed by atoms with Gasteiger partial charge in [-0.1, -0.05) is 0 Å². The first-order chi connectivity index (χ1) is 8.08. The minimum Gasteiger partial charge on any atom is -0.354 e. The molecule has 1 saturated heterocycles. The van der Waals surface area contributed by atoms with Crippen molar-refractivity contribution in [3.8, 4) is 0 Å². The summed E-state index contributed by atoms with van der Waals surface area (Å²) in [6.45, 7) is 1.22. The minimum atomic E-state index is -0.162. The first-order valence-corrected chi connectivity index (χ1v) is 6.35. The van der Waals surface area contributed by atoms with E-state index < -0.39 is 0 Å². The lowest BCUT2D eigenvalue weighted by molar-refractivity contribution is -0.139. The van der Waals surface area contributed by atoms with Crippen LogP contribution in [0.5, 0.6) is 0 Å². The maximum Gasteiger partial charge on any atom is 0.223 e. The first-order valence-electron chi connectivity index (χ1n) is 6.35. The summed E-state index contributed by atoms with van der Waals surface area (Å²) in [5.41, 5.74) is 5.92. The molecule has 1 heterocycles. The van der Waals surface area contributed by atoms with E-state index in [1.165, 1.54) is 12.8 Å². The molecule has 0 radical (unpaired) electrons. The molecular formula is C12H21N3O2. The molecule has 2 fully saturated rings. The second kappa shape index (κ2) is 5.04. The number of nitrogens with one attached hydrogen (secondary N) is 1. The number of amides is 2. The van der Waals surface area contributed by atoms with Crippen molar-refractivity contribution in [3.05, 3.63) is 0 Å². The Balaban J connectivity index is 1.73. The molecule has 1 aliphatic heterocycles. The van der Waals surface area contributed by atoms with Crippen molar-refractivity contribution in [1.29, 1.82) is 0 Å². The summed E-state index contributed by atoms with van der Waals surface area (Å²) in [5, 5.41) is 2.87. The van der Waals surface area contributed by atoms with E-state index in [2.05, 4.69) is 5.32 Å². The Morgan fingerprint density at radius 2 is 2.24 bits per heavy atom. The zero-order valence-electron chi connectivity index (χ0n) is 10.3. The second-order valence-electron chi connectivity index (χ2n) is 5.25. The van der Waals surface area contributed by atoms with Gasteiger partial charge in [0.1, 0.15) is 0 Å². The summed E-state index contributed by atoms with van der Waals surface area (Å²) >= 11 is 0. The zero-order chi connectivity index (χ0) is 12.4. The van der Waals surface area contributed by atoms with Crippen LogP contribution in [0.2, 0.25) is 0 Å². The molecule has 5 heteroatoms. The third-order valence-corrected chi connectivity index (χ3v) is 3.77. The molecular weight excluding hydrogens is 218 g/mol. The van der Waals surface area contributed by atoms with Crippen LogP contribution in [0.25, 0.3) is 0 Å². The van der Waals surface area contributed by atoms with Gasteiger partial charge in [0.2, 0.25) is 11.8 Å². The summed E-state index contributed by atoms with van der Waals surface area (Å²) in [7, 11) is 1.78. The van der Waals surface area contributed by atoms with Crippen LogP contribution in [-0.4, -0.2) is 42.9 Å². The normalized spacial score (nSPS) is 26.8. The minimum absolute atomic E-state index is 0.0115. The number of piperidine rings is 1. The number of nitrogens with two attached hydrogens (primary N) is 1. The molecule has 2 amide bonds. The average molecular weight is 239 g/mol. The highest BCUT2D eigenvalue weighted by Crippen LogP contribution is 2.31. The fourth-order valence-corrected chi connectivity index (χ4v) is 2.22. The molecule has 0 bridgehead atoms. The lowest BCUT2D eigenvalue weighted by Crippen LogP contribution is -2.45. The van der Waals surface area contributed by atoms with Crippen LogP contribution in [0.3, 0.4) is 0 Å². The summed E-state index contributed by atoms with van der Waals surface area (Å²) in [6, 6.07) is 0.0842. The molecule has 3 N–H and O–H groups in total. The van der Waals surface area contributed by atoms with Gasteiger partial charge in [0, 0.05) is 38.5 Å². The van der Waals surface area contributed by atoms with Gasteiger partial charge in [0.25, 0.3) is 0 Å². The third-order valence-electron chi connectivity index (χ3n) is 3.77. The maximum absolute atomic E-state index is 11.9. The van der Waals surface area contributed by atoms with Crippen LogP contribution in [0, 0.1) is 11.8 Å². The van der Waals surface area contributed by atoms with Gasteiger partial charge < -0.3 is 16.0 Å². The van der Waals surface area contributed by atoms with Crippen molar-refractivity contribution in [2.75, 3.05) is 20.1 Å². The monoisotopic (exact) mass is 239 g/mol. The lowest BCUT2D eigenvalue weighted by atomic mass is 9.95. The first kappa shape index (κ1) is 12.4. The highest BCUT2D eigenvalue weighted by Gasteiger charge is 2.31. The van der Waals surface area contributed by atoms with Gasteiger partial charge in [-0.3, -0.25) is 9.59 Å². The number of hydrogen-bond acceptors (Lipinski definition) is 3. The SMILES string of the molecule is CN1CCC(C(=O)NCC(N)C2CC2)CC1=O. The predicted octanol–water partition coefficient (Wildman–Crippen LogP) is -0.292. The van der Waals surface area contributed by atoms with E-state index in [1.807, 2.05) is 0 Å². The molecule has 2 atom stereocenters. The van der Waals surface area contributed by atoms with Crippen molar-refractivity contribution >= 4 is 11.8 Å². The topological polar surface area (TPSA) is 75.4 Å². The van der Waals surface area contributed by atoms with Crippen molar-refractivity contribution in [2.45, 2.75) is 31.7 Å².